The van der Waals surface area contributed by atoms with E-state index in [2.05, 4.69) is 19.9 Å². The summed E-state index contributed by atoms with van der Waals surface area (Å²) in [7, 11) is 0. The van der Waals surface area contributed by atoms with Crippen LogP contribution in [0.1, 0.15) is 41.4 Å². The molecule has 1 aliphatic rings. The van der Waals surface area contributed by atoms with Gasteiger partial charge in [0.15, 0.2) is 0 Å². The van der Waals surface area contributed by atoms with Gasteiger partial charge in [0.1, 0.15) is 11.5 Å². The van der Waals surface area contributed by atoms with E-state index in [-0.39, 0.29) is 23.8 Å². The van der Waals surface area contributed by atoms with Crippen LogP contribution < -0.4 is 5.32 Å². The largest absolute Gasteiger partial charge is 0.350 e. The van der Waals surface area contributed by atoms with Crippen LogP contribution in [0.25, 0.3) is 10.9 Å². The number of aromatic amines is 1. The van der Waals surface area contributed by atoms with Crippen LogP contribution in [0.5, 0.6) is 0 Å². The van der Waals surface area contributed by atoms with Crippen molar-refractivity contribution < 1.29 is 9.18 Å². The van der Waals surface area contributed by atoms with Crippen LogP contribution in [-0.2, 0) is 0 Å². The van der Waals surface area contributed by atoms with Gasteiger partial charge >= 0.3 is 0 Å². The first-order valence-electron chi connectivity index (χ1n) is 8.19. The number of rotatable bonds is 3. The van der Waals surface area contributed by atoms with E-state index in [1.165, 1.54) is 12.1 Å². The maximum Gasteiger partial charge on any atom is 0.268 e. The van der Waals surface area contributed by atoms with Crippen molar-refractivity contribution in [2.45, 2.75) is 38.3 Å². The normalized spacial score (nSPS) is 20.6. The van der Waals surface area contributed by atoms with Crippen molar-refractivity contribution in [3.63, 3.8) is 0 Å². The fraction of sp³-hybridized carbons (Fsp3) is 0.333. The van der Waals surface area contributed by atoms with Gasteiger partial charge in [-0.1, -0.05) is 0 Å². The molecule has 3 aromatic rings. The number of carbonyl (C=O) groups is 1. The molecule has 4 rings (SSSR count). The number of amides is 1. The molecule has 24 heavy (non-hydrogen) atoms. The average Bonchev–Trinajstić information content (AvgIpc) is 3.26. The first kappa shape index (κ1) is 14.9. The summed E-state index contributed by atoms with van der Waals surface area (Å²) in [6.45, 7) is 1.84. The molecule has 6 heteroatoms. The van der Waals surface area contributed by atoms with Gasteiger partial charge in [-0.25, -0.2) is 9.37 Å². The third-order valence-electron chi connectivity index (χ3n) is 4.86. The lowest BCUT2D eigenvalue weighted by atomic mass is 10.1. The van der Waals surface area contributed by atoms with Gasteiger partial charge in [0.25, 0.3) is 5.91 Å². The van der Waals surface area contributed by atoms with E-state index in [0.29, 0.717) is 11.2 Å². The highest BCUT2D eigenvalue weighted by Gasteiger charge is 2.30. The molecule has 2 heterocycles. The van der Waals surface area contributed by atoms with Crippen LogP contribution in [-0.4, -0.2) is 26.5 Å². The minimum Gasteiger partial charge on any atom is -0.350 e. The summed E-state index contributed by atoms with van der Waals surface area (Å²) < 4.78 is 15.6. The average molecular weight is 326 g/mol. The highest BCUT2D eigenvalue weighted by molar-refractivity contribution is 5.99. The van der Waals surface area contributed by atoms with Crippen LogP contribution in [0, 0.1) is 12.7 Å². The number of nitrogens with zero attached hydrogens (tertiary/aromatic N) is 2. The smallest absolute Gasteiger partial charge is 0.268 e. The lowest BCUT2D eigenvalue weighted by molar-refractivity contribution is 0.0924. The predicted molar refractivity (Wildman–Crippen MR) is 89.4 cm³/mol. The van der Waals surface area contributed by atoms with Gasteiger partial charge in [0.05, 0.1) is 12.4 Å². The van der Waals surface area contributed by atoms with E-state index in [0.717, 1.165) is 30.2 Å². The van der Waals surface area contributed by atoms with Crippen LogP contribution >= 0.6 is 0 Å². The molecule has 1 amide bonds. The summed E-state index contributed by atoms with van der Waals surface area (Å²) in [6.07, 6.45) is 8.53. The Morgan fingerprint density at radius 3 is 3.04 bits per heavy atom. The highest BCUT2D eigenvalue weighted by atomic mass is 19.1. The SMILES string of the molecule is Cc1cc(F)cc2[nH]c(C(=O)N[C@H]3CCC[C@@H]3n3ccnc3)cc12. The van der Waals surface area contributed by atoms with Crippen LogP contribution in [0.2, 0.25) is 0 Å². The van der Waals surface area contributed by atoms with Gasteiger partial charge in [-0.15, -0.1) is 0 Å². The van der Waals surface area contributed by atoms with E-state index in [4.69, 9.17) is 0 Å². The number of H-pyrrole nitrogens is 1. The van der Waals surface area contributed by atoms with Crippen molar-refractivity contribution in [1.29, 1.82) is 0 Å². The molecule has 1 fully saturated rings. The fourth-order valence-electron chi connectivity index (χ4n) is 3.67. The van der Waals surface area contributed by atoms with Gasteiger partial charge in [-0.3, -0.25) is 4.79 Å². The summed E-state index contributed by atoms with van der Waals surface area (Å²) in [5, 5.41) is 3.99. The second kappa shape index (κ2) is 5.78. The van der Waals surface area contributed by atoms with Crippen molar-refractivity contribution in [2.24, 2.45) is 0 Å². The number of aromatic nitrogens is 3. The molecule has 0 radical (unpaired) electrons. The summed E-state index contributed by atoms with van der Waals surface area (Å²) in [5.74, 6) is -0.451. The Balaban J connectivity index is 1.57. The monoisotopic (exact) mass is 326 g/mol. The Kier molecular flexibility index (Phi) is 3.59. The molecule has 1 saturated carbocycles. The standard InChI is InChI=1S/C18H19FN4O/c1-11-7-12(19)8-15-13(11)9-16(21-15)18(24)22-14-3-2-4-17(14)23-6-5-20-10-23/h5-10,14,17,21H,2-4H2,1H3,(H,22,24)/t14-,17-/m0/s1. The van der Waals surface area contributed by atoms with Crippen molar-refractivity contribution in [3.8, 4) is 0 Å². The molecule has 1 aromatic carbocycles. The summed E-state index contributed by atoms with van der Waals surface area (Å²) in [4.78, 5) is 19.7. The van der Waals surface area contributed by atoms with Gasteiger partial charge in [0, 0.05) is 29.3 Å². The van der Waals surface area contributed by atoms with Gasteiger partial charge in [-0.05, 0) is 49.9 Å². The molecule has 2 N–H and O–H groups in total. The zero-order valence-electron chi connectivity index (χ0n) is 13.4. The van der Waals surface area contributed by atoms with Crippen LogP contribution in [0.15, 0.2) is 36.9 Å². The highest BCUT2D eigenvalue weighted by Crippen LogP contribution is 2.30. The molecular formula is C18H19FN4O. The molecule has 0 spiro atoms. The number of nitrogens with one attached hydrogen (secondary N) is 2. The molecule has 2 atom stereocenters. The molecule has 1 aliphatic carbocycles. The number of halogens is 1. The van der Waals surface area contributed by atoms with Crippen molar-refractivity contribution >= 4 is 16.8 Å². The summed E-state index contributed by atoms with van der Waals surface area (Å²) in [5.41, 5.74) is 1.93. The minimum absolute atomic E-state index is 0.0796. The van der Waals surface area contributed by atoms with Gasteiger partial charge in [0.2, 0.25) is 0 Å². The first-order chi connectivity index (χ1) is 11.6. The molecule has 124 valence electrons. The zero-order chi connectivity index (χ0) is 16.7. The van der Waals surface area contributed by atoms with E-state index in [9.17, 15) is 9.18 Å². The number of benzene rings is 1. The van der Waals surface area contributed by atoms with E-state index < -0.39 is 0 Å². The van der Waals surface area contributed by atoms with Crippen LogP contribution in [0.4, 0.5) is 4.39 Å². The van der Waals surface area contributed by atoms with E-state index in [1.807, 2.05) is 13.1 Å². The Morgan fingerprint density at radius 2 is 2.25 bits per heavy atom. The number of imidazole rings is 1. The third kappa shape index (κ3) is 2.58. The number of fused-ring (bicyclic) bond motifs is 1. The topological polar surface area (TPSA) is 62.7 Å². The fourth-order valence-corrected chi connectivity index (χ4v) is 3.67. The predicted octanol–water partition coefficient (Wildman–Crippen LogP) is 3.34. The maximum atomic E-state index is 13.5. The number of aryl methyl sites for hydroxylation is 1. The Hall–Kier alpha value is -2.63. The summed E-state index contributed by atoms with van der Waals surface area (Å²) in [6, 6.07) is 5.00. The van der Waals surface area contributed by atoms with Gasteiger partial charge < -0.3 is 14.9 Å². The minimum atomic E-state index is -0.301. The molecule has 0 saturated heterocycles. The first-order valence-corrected chi connectivity index (χ1v) is 8.19. The quantitative estimate of drug-likeness (QED) is 0.775. The molecular weight excluding hydrogens is 307 g/mol. The van der Waals surface area contributed by atoms with E-state index in [1.54, 1.807) is 18.6 Å². The number of hydrogen-bond acceptors (Lipinski definition) is 2. The number of carbonyl (C=O) groups excluding carboxylic acids is 1. The second-order valence-corrected chi connectivity index (χ2v) is 6.46. The van der Waals surface area contributed by atoms with Gasteiger partial charge in [-0.2, -0.15) is 0 Å². The Morgan fingerprint density at radius 1 is 1.38 bits per heavy atom. The molecule has 2 aromatic heterocycles. The zero-order valence-corrected chi connectivity index (χ0v) is 13.4. The third-order valence-corrected chi connectivity index (χ3v) is 4.86. The number of hydrogen-bond donors (Lipinski definition) is 2. The maximum absolute atomic E-state index is 13.5. The lowest BCUT2D eigenvalue weighted by Crippen LogP contribution is -2.38. The van der Waals surface area contributed by atoms with Crippen LogP contribution in [0.3, 0.4) is 0 Å². The Bertz CT molecular complexity index is 884. The Labute approximate surface area is 138 Å². The van der Waals surface area contributed by atoms with E-state index >= 15 is 0 Å². The molecule has 0 bridgehead atoms. The van der Waals surface area contributed by atoms with Crippen molar-refractivity contribution in [1.82, 2.24) is 19.9 Å². The summed E-state index contributed by atoms with van der Waals surface area (Å²) >= 11 is 0. The molecule has 0 aliphatic heterocycles. The lowest BCUT2D eigenvalue weighted by Gasteiger charge is -2.21. The van der Waals surface area contributed by atoms with Crippen molar-refractivity contribution in [3.05, 3.63) is 54.0 Å². The molecule has 5 nitrogen and oxygen atoms in total. The molecule has 0 unspecified atom stereocenters. The van der Waals surface area contributed by atoms with Crippen molar-refractivity contribution in [2.75, 3.05) is 0 Å². The second-order valence-electron chi connectivity index (χ2n) is 6.46.